The lowest BCUT2D eigenvalue weighted by atomic mass is 10.1. The number of H-pyrrole nitrogens is 1. The lowest BCUT2D eigenvalue weighted by Gasteiger charge is -2.21. The molecule has 0 aliphatic rings. The van der Waals surface area contributed by atoms with Gasteiger partial charge in [-0.05, 0) is 48.2 Å². The normalized spacial score (nSPS) is 11.8. The van der Waals surface area contributed by atoms with Crippen LogP contribution in [0.1, 0.15) is 16.9 Å². The second-order valence-corrected chi connectivity index (χ2v) is 9.26. The van der Waals surface area contributed by atoms with Crippen molar-refractivity contribution in [2.24, 2.45) is 0 Å². The predicted octanol–water partition coefficient (Wildman–Crippen LogP) is 3.73. The number of hydrogen-bond acceptors (Lipinski definition) is 6. The highest BCUT2D eigenvalue weighted by Crippen LogP contribution is 2.24. The molecule has 0 saturated heterocycles. The number of aromatic amines is 1. The maximum atomic E-state index is 13.4. The second-order valence-electron chi connectivity index (χ2n) is 7.32. The zero-order valence-electron chi connectivity index (χ0n) is 17.0. The summed E-state index contributed by atoms with van der Waals surface area (Å²) in [6, 6.07) is 15.3. The Morgan fingerprint density at radius 2 is 1.88 bits per heavy atom. The van der Waals surface area contributed by atoms with Crippen molar-refractivity contribution in [1.29, 1.82) is 0 Å². The maximum Gasteiger partial charge on any atom is 0.270 e. The van der Waals surface area contributed by atoms with Crippen LogP contribution in [0.4, 0.5) is 5.69 Å². The van der Waals surface area contributed by atoms with Gasteiger partial charge in [0.1, 0.15) is 5.76 Å². The van der Waals surface area contributed by atoms with Crippen molar-refractivity contribution in [3.8, 4) is 0 Å². The number of non-ortho nitro benzene ring substituents is 1. The third-order valence-electron chi connectivity index (χ3n) is 5.00. The van der Waals surface area contributed by atoms with Gasteiger partial charge < -0.3 is 9.40 Å². The summed E-state index contributed by atoms with van der Waals surface area (Å²) < 4.78 is 33.2. The minimum absolute atomic E-state index is 0.149. The third kappa shape index (κ3) is 4.32. The molecule has 0 amide bonds. The highest BCUT2D eigenvalue weighted by Gasteiger charge is 2.28. The molecular formula is C22H19N3O6S. The molecule has 2 aromatic carbocycles. The fraction of sp³-hybridized carbons (Fsp3) is 0.136. The standard InChI is InChI=1S/C22H19N3O6S/c1-15-7-8-16-11-17(22(26)23-21(16)10-15)13-24(14-19-5-3-9-31-19)32(29,30)20-6-2-4-18(12-20)25(27)28/h2-12H,13-14H2,1H3,(H,23,26). The summed E-state index contributed by atoms with van der Waals surface area (Å²) >= 11 is 0. The number of nitro benzene ring substituents is 1. The summed E-state index contributed by atoms with van der Waals surface area (Å²) in [6.07, 6.45) is 1.42. The van der Waals surface area contributed by atoms with Gasteiger partial charge in [0.15, 0.2) is 0 Å². The summed E-state index contributed by atoms with van der Waals surface area (Å²) in [6.45, 7) is 1.51. The smallest absolute Gasteiger partial charge is 0.270 e. The molecule has 4 aromatic rings. The fourth-order valence-electron chi connectivity index (χ4n) is 3.38. The Bertz CT molecular complexity index is 1460. The van der Waals surface area contributed by atoms with Crippen molar-refractivity contribution >= 4 is 26.6 Å². The molecule has 4 rings (SSSR count). The van der Waals surface area contributed by atoms with Gasteiger partial charge in [-0.1, -0.05) is 18.2 Å². The Balaban J connectivity index is 1.78. The first-order valence-corrected chi connectivity index (χ1v) is 11.1. The van der Waals surface area contributed by atoms with E-state index in [9.17, 15) is 23.3 Å². The molecule has 0 unspecified atom stereocenters. The van der Waals surface area contributed by atoms with Crippen LogP contribution in [0.2, 0.25) is 0 Å². The first kappa shape index (κ1) is 21.5. The number of pyridine rings is 1. The lowest BCUT2D eigenvalue weighted by Crippen LogP contribution is -2.32. The van der Waals surface area contributed by atoms with Crippen LogP contribution >= 0.6 is 0 Å². The Hall–Kier alpha value is -3.76. The molecule has 0 bridgehead atoms. The lowest BCUT2D eigenvalue weighted by molar-refractivity contribution is -0.385. The number of nitrogens with one attached hydrogen (secondary N) is 1. The molecule has 0 spiro atoms. The Morgan fingerprint density at radius 3 is 2.59 bits per heavy atom. The first-order valence-electron chi connectivity index (χ1n) is 9.63. The van der Waals surface area contributed by atoms with E-state index in [1.165, 1.54) is 24.5 Å². The van der Waals surface area contributed by atoms with E-state index in [1.807, 2.05) is 25.1 Å². The largest absolute Gasteiger partial charge is 0.468 e. The molecule has 0 fully saturated rings. The van der Waals surface area contributed by atoms with Crippen LogP contribution in [-0.4, -0.2) is 22.6 Å². The van der Waals surface area contributed by atoms with Crippen LogP contribution in [0.5, 0.6) is 0 Å². The summed E-state index contributed by atoms with van der Waals surface area (Å²) in [5.74, 6) is 0.367. The number of hydrogen-bond donors (Lipinski definition) is 1. The molecule has 0 atom stereocenters. The molecule has 2 heterocycles. The SMILES string of the molecule is Cc1ccc2cc(CN(Cc3ccco3)S(=O)(=O)c3cccc([N+](=O)[O-])c3)c(=O)[nH]c2c1. The average Bonchev–Trinajstić information content (AvgIpc) is 3.27. The molecule has 0 aliphatic heterocycles. The molecular weight excluding hydrogens is 434 g/mol. The molecule has 2 aromatic heterocycles. The number of furan rings is 1. The van der Waals surface area contributed by atoms with Gasteiger partial charge in [0.2, 0.25) is 10.0 Å². The quantitative estimate of drug-likeness (QED) is 0.336. The first-order chi connectivity index (χ1) is 15.2. The third-order valence-corrected chi connectivity index (χ3v) is 6.79. The number of nitrogens with zero attached hydrogens (tertiary/aromatic N) is 2. The number of nitro groups is 1. The fourth-order valence-corrected chi connectivity index (χ4v) is 4.80. The van der Waals surface area contributed by atoms with Crippen LogP contribution in [0.3, 0.4) is 0 Å². The minimum Gasteiger partial charge on any atom is -0.468 e. The van der Waals surface area contributed by atoms with E-state index < -0.39 is 20.5 Å². The minimum atomic E-state index is -4.19. The van der Waals surface area contributed by atoms with E-state index in [-0.39, 0.29) is 29.2 Å². The molecule has 164 valence electrons. The number of benzene rings is 2. The van der Waals surface area contributed by atoms with Crippen molar-refractivity contribution in [1.82, 2.24) is 9.29 Å². The summed E-state index contributed by atoms with van der Waals surface area (Å²) in [5, 5.41) is 11.9. The van der Waals surface area contributed by atoms with Crippen molar-refractivity contribution in [3.05, 3.63) is 104 Å². The van der Waals surface area contributed by atoms with Gasteiger partial charge in [0.05, 0.1) is 22.6 Å². The number of aromatic nitrogens is 1. The number of rotatable bonds is 7. The number of fused-ring (bicyclic) bond motifs is 1. The predicted molar refractivity (Wildman–Crippen MR) is 118 cm³/mol. The Morgan fingerprint density at radius 1 is 1.06 bits per heavy atom. The van der Waals surface area contributed by atoms with Crippen LogP contribution in [0.15, 0.2) is 81.0 Å². The van der Waals surface area contributed by atoms with E-state index >= 15 is 0 Å². The van der Waals surface area contributed by atoms with E-state index in [4.69, 9.17) is 4.42 Å². The van der Waals surface area contributed by atoms with Gasteiger partial charge in [-0.15, -0.1) is 0 Å². The van der Waals surface area contributed by atoms with E-state index in [1.54, 1.807) is 18.2 Å². The molecule has 0 radical (unpaired) electrons. The molecule has 10 heteroatoms. The van der Waals surface area contributed by atoms with Crippen molar-refractivity contribution in [3.63, 3.8) is 0 Å². The Labute approximate surface area is 183 Å². The van der Waals surface area contributed by atoms with Gasteiger partial charge in [-0.3, -0.25) is 14.9 Å². The van der Waals surface area contributed by atoms with E-state index in [0.717, 1.165) is 21.3 Å². The van der Waals surface area contributed by atoms with Gasteiger partial charge >= 0.3 is 0 Å². The van der Waals surface area contributed by atoms with Gasteiger partial charge in [0, 0.05) is 29.8 Å². The molecule has 0 saturated carbocycles. The van der Waals surface area contributed by atoms with Crippen molar-refractivity contribution in [2.75, 3.05) is 0 Å². The maximum absolute atomic E-state index is 13.4. The van der Waals surface area contributed by atoms with E-state index in [2.05, 4.69) is 4.98 Å². The van der Waals surface area contributed by atoms with Gasteiger partial charge in [-0.25, -0.2) is 8.42 Å². The topological polar surface area (TPSA) is 127 Å². The van der Waals surface area contributed by atoms with Crippen LogP contribution in [0.25, 0.3) is 10.9 Å². The second kappa shape index (κ2) is 8.40. The zero-order chi connectivity index (χ0) is 22.9. The van der Waals surface area contributed by atoms with Gasteiger partial charge in [-0.2, -0.15) is 4.31 Å². The van der Waals surface area contributed by atoms with E-state index in [0.29, 0.717) is 11.3 Å². The van der Waals surface area contributed by atoms with Crippen molar-refractivity contribution < 1.29 is 17.8 Å². The summed E-state index contributed by atoms with van der Waals surface area (Å²) in [7, 11) is -4.19. The van der Waals surface area contributed by atoms with Crippen LogP contribution in [0, 0.1) is 17.0 Å². The van der Waals surface area contributed by atoms with Crippen LogP contribution < -0.4 is 5.56 Å². The zero-order valence-corrected chi connectivity index (χ0v) is 17.8. The molecule has 0 aliphatic carbocycles. The monoisotopic (exact) mass is 453 g/mol. The highest BCUT2D eigenvalue weighted by molar-refractivity contribution is 7.89. The Kier molecular flexibility index (Phi) is 5.64. The number of sulfonamides is 1. The van der Waals surface area contributed by atoms with Crippen LogP contribution in [-0.2, 0) is 23.1 Å². The molecule has 9 nitrogen and oxygen atoms in total. The summed E-state index contributed by atoms with van der Waals surface area (Å²) in [4.78, 5) is 25.7. The highest BCUT2D eigenvalue weighted by atomic mass is 32.2. The van der Waals surface area contributed by atoms with Crippen molar-refractivity contribution in [2.45, 2.75) is 24.9 Å². The van der Waals surface area contributed by atoms with Gasteiger partial charge in [0.25, 0.3) is 11.2 Å². The number of aryl methyl sites for hydroxylation is 1. The summed E-state index contributed by atoms with van der Waals surface area (Å²) in [5.41, 5.74) is 1.11. The molecule has 32 heavy (non-hydrogen) atoms. The molecule has 1 N–H and O–H groups in total. The average molecular weight is 453 g/mol.